The van der Waals surface area contributed by atoms with E-state index in [1.54, 1.807) is 0 Å². The average Bonchev–Trinajstić information content (AvgIpc) is 2.54. The third-order valence-corrected chi connectivity index (χ3v) is 2.82. The highest BCUT2D eigenvalue weighted by Gasteiger charge is 2.33. The summed E-state index contributed by atoms with van der Waals surface area (Å²) in [6, 6.07) is 1.77. The van der Waals surface area contributed by atoms with E-state index in [4.69, 9.17) is 4.74 Å². The number of nitro groups is 1. The molecule has 0 radical (unpaired) electrons. The Labute approximate surface area is 140 Å². The predicted molar refractivity (Wildman–Crippen MR) is 77.8 cm³/mol. The molecular weight excluding hydrogens is 348 g/mol. The van der Waals surface area contributed by atoms with Crippen LogP contribution in [0.3, 0.4) is 0 Å². The summed E-state index contributed by atoms with van der Waals surface area (Å²) < 4.78 is 43.4. The van der Waals surface area contributed by atoms with Crippen LogP contribution in [-0.4, -0.2) is 43.3 Å². The molecule has 0 aliphatic carbocycles. The highest BCUT2D eigenvalue weighted by atomic mass is 19.3. The molecule has 1 aromatic rings. The molecule has 1 rings (SSSR count). The maximum Gasteiger partial charge on any atom is 0.387 e. The molecule has 0 spiro atoms. The number of halogens is 2. The van der Waals surface area contributed by atoms with E-state index < -0.39 is 52.3 Å². The number of alkyl halides is 2. The number of hydrogen-bond acceptors (Lipinski definition) is 8. The number of carbonyl (C=O) groups is 2. The van der Waals surface area contributed by atoms with Gasteiger partial charge in [-0.05, 0) is 26.0 Å². The first-order valence-electron chi connectivity index (χ1n) is 6.90. The summed E-state index contributed by atoms with van der Waals surface area (Å²) in [6.07, 6.45) is -1.39. The minimum atomic E-state index is -3.32. The third kappa shape index (κ3) is 4.99. The molecule has 25 heavy (non-hydrogen) atoms. The zero-order valence-electron chi connectivity index (χ0n) is 13.5. The van der Waals surface area contributed by atoms with Crippen molar-refractivity contribution in [2.75, 3.05) is 13.7 Å². The largest absolute Gasteiger partial charge is 0.469 e. The molecule has 11 heteroatoms. The van der Waals surface area contributed by atoms with E-state index in [0.29, 0.717) is 0 Å². The minimum Gasteiger partial charge on any atom is -0.469 e. The summed E-state index contributed by atoms with van der Waals surface area (Å²) in [4.78, 5) is 33.7. The highest BCUT2D eigenvalue weighted by Crippen LogP contribution is 2.41. The number of hydrogen-bond donors (Lipinski definition) is 0. The van der Waals surface area contributed by atoms with E-state index in [1.807, 2.05) is 0 Å². The van der Waals surface area contributed by atoms with Gasteiger partial charge in [0.05, 0.1) is 18.6 Å². The topological polar surface area (TPSA) is 114 Å². The van der Waals surface area contributed by atoms with Gasteiger partial charge in [0.2, 0.25) is 5.75 Å². The van der Waals surface area contributed by atoms with Gasteiger partial charge in [0.1, 0.15) is 5.56 Å². The number of benzene rings is 1. The SMILES string of the molecule is CCOC(=O)c1ccc(OC(F)F)c(O[C@H](C)C(=O)OC)c1[N+](=O)[O-]. The quantitative estimate of drug-likeness (QED) is 0.393. The monoisotopic (exact) mass is 363 g/mol. The number of carbonyl (C=O) groups excluding carboxylic acids is 2. The maximum absolute atomic E-state index is 12.5. The molecule has 0 amide bonds. The fourth-order valence-electron chi connectivity index (χ4n) is 1.80. The Morgan fingerprint density at radius 2 is 1.92 bits per heavy atom. The molecule has 0 heterocycles. The fourth-order valence-corrected chi connectivity index (χ4v) is 1.80. The van der Waals surface area contributed by atoms with Crippen molar-refractivity contribution in [3.63, 3.8) is 0 Å². The lowest BCUT2D eigenvalue weighted by Gasteiger charge is -2.17. The zero-order valence-corrected chi connectivity index (χ0v) is 13.5. The van der Waals surface area contributed by atoms with Gasteiger partial charge in [0.15, 0.2) is 11.9 Å². The Bertz CT molecular complexity index is 664. The average molecular weight is 363 g/mol. The van der Waals surface area contributed by atoms with Gasteiger partial charge in [-0.15, -0.1) is 0 Å². The van der Waals surface area contributed by atoms with Gasteiger partial charge in [-0.2, -0.15) is 8.78 Å². The summed E-state index contributed by atoms with van der Waals surface area (Å²) in [5, 5.41) is 11.4. The van der Waals surface area contributed by atoms with Crippen LogP contribution in [0.4, 0.5) is 14.5 Å². The summed E-state index contributed by atoms with van der Waals surface area (Å²) in [5.74, 6) is -3.51. The van der Waals surface area contributed by atoms with Crippen LogP contribution in [0.1, 0.15) is 24.2 Å². The van der Waals surface area contributed by atoms with Crippen molar-refractivity contribution in [3.05, 3.63) is 27.8 Å². The van der Waals surface area contributed by atoms with Crippen molar-refractivity contribution < 1.29 is 42.2 Å². The number of methoxy groups -OCH3 is 1. The Kier molecular flexibility index (Phi) is 7.03. The first kappa shape index (κ1) is 20.1. The van der Waals surface area contributed by atoms with Gasteiger partial charge in [-0.1, -0.05) is 0 Å². The van der Waals surface area contributed by atoms with Crippen LogP contribution in [0.2, 0.25) is 0 Å². The molecule has 138 valence electrons. The number of rotatable bonds is 8. The lowest BCUT2D eigenvalue weighted by molar-refractivity contribution is -0.386. The van der Waals surface area contributed by atoms with E-state index in [2.05, 4.69) is 14.2 Å². The number of ether oxygens (including phenoxy) is 4. The van der Waals surface area contributed by atoms with Crippen LogP contribution < -0.4 is 9.47 Å². The molecule has 1 aromatic carbocycles. The predicted octanol–water partition coefficient (Wildman–Crippen LogP) is 2.31. The van der Waals surface area contributed by atoms with Gasteiger partial charge < -0.3 is 18.9 Å². The van der Waals surface area contributed by atoms with E-state index in [9.17, 15) is 28.5 Å². The van der Waals surface area contributed by atoms with Crippen LogP contribution in [0, 0.1) is 10.1 Å². The second-order valence-corrected chi connectivity index (χ2v) is 4.43. The van der Waals surface area contributed by atoms with Crippen molar-refractivity contribution in [1.29, 1.82) is 0 Å². The van der Waals surface area contributed by atoms with Gasteiger partial charge in [-0.3, -0.25) is 10.1 Å². The fraction of sp³-hybridized carbons (Fsp3) is 0.429. The first-order valence-corrected chi connectivity index (χ1v) is 6.90. The van der Waals surface area contributed by atoms with Crippen LogP contribution in [-0.2, 0) is 14.3 Å². The molecule has 1 atom stereocenters. The minimum absolute atomic E-state index is 0.0694. The number of nitro benzene ring substituents is 1. The van der Waals surface area contributed by atoms with Gasteiger partial charge in [0, 0.05) is 0 Å². The third-order valence-electron chi connectivity index (χ3n) is 2.82. The van der Waals surface area contributed by atoms with Gasteiger partial charge in [0.25, 0.3) is 0 Å². The molecule has 9 nitrogen and oxygen atoms in total. The maximum atomic E-state index is 12.5. The standard InChI is InChI=1S/C14H15F2NO8/c1-4-23-13(19)8-5-6-9(25-14(15)16)11(10(8)17(20)21)24-7(2)12(18)22-3/h5-7,14H,4H2,1-3H3/t7-/m1/s1. The summed E-state index contributed by atoms with van der Waals surface area (Å²) in [6.45, 7) is -0.725. The molecule has 0 saturated carbocycles. The van der Waals surface area contributed by atoms with Crippen LogP contribution in [0.15, 0.2) is 12.1 Å². The lowest BCUT2D eigenvalue weighted by atomic mass is 10.1. The lowest BCUT2D eigenvalue weighted by Crippen LogP contribution is -2.26. The van der Waals surface area contributed by atoms with Gasteiger partial charge in [-0.25, -0.2) is 9.59 Å². The number of esters is 2. The second kappa shape index (κ2) is 8.76. The molecule has 0 aliphatic rings. The molecule has 0 fully saturated rings. The molecule has 0 saturated heterocycles. The normalized spacial score (nSPS) is 11.6. The molecule has 0 unspecified atom stereocenters. The molecule has 0 bridgehead atoms. The van der Waals surface area contributed by atoms with Crippen molar-refractivity contribution in [3.8, 4) is 11.5 Å². The molecule has 0 N–H and O–H groups in total. The summed E-state index contributed by atoms with van der Waals surface area (Å²) in [7, 11) is 1.04. The zero-order chi connectivity index (χ0) is 19.1. The van der Waals surface area contributed by atoms with E-state index in [-0.39, 0.29) is 6.61 Å². The molecular formula is C14H15F2NO8. The summed E-state index contributed by atoms with van der Waals surface area (Å²) >= 11 is 0. The van der Waals surface area contributed by atoms with Crippen LogP contribution >= 0.6 is 0 Å². The van der Waals surface area contributed by atoms with Crippen molar-refractivity contribution in [1.82, 2.24) is 0 Å². The smallest absolute Gasteiger partial charge is 0.387 e. The Balaban J connectivity index is 3.52. The van der Waals surface area contributed by atoms with Gasteiger partial charge >= 0.3 is 24.2 Å². The molecule has 0 aromatic heterocycles. The Morgan fingerprint density at radius 3 is 2.40 bits per heavy atom. The van der Waals surface area contributed by atoms with E-state index in [1.165, 1.54) is 13.8 Å². The van der Waals surface area contributed by atoms with E-state index >= 15 is 0 Å². The number of nitrogens with zero attached hydrogens (tertiary/aromatic N) is 1. The second-order valence-electron chi connectivity index (χ2n) is 4.43. The Morgan fingerprint density at radius 1 is 1.28 bits per heavy atom. The van der Waals surface area contributed by atoms with Crippen molar-refractivity contribution in [2.45, 2.75) is 26.6 Å². The van der Waals surface area contributed by atoms with Crippen molar-refractivity contribution in [2.24, 2.45) is 0 Å². The van der Waals surface area contributed by atoms with Crippen LogP contribution in [0.5, 0.6) is 11.5 Å². The Hall–Kier alpha value is -2.98. The highest BCUT2D eigenvalue weighted by molar-refractivity contribution is 5.96. The molecule has 0 aliphatic heterocycles. The van der Waals surface area contributed by atoms with Crippen LogP contribution in [0.25, 0.3) is 0 Å². The first-order chi connectivity index (χ1) is 11.7. The van der Waals surface area contributed by atoms with E-state index in [0.717, 1.165) is 19.2 Å². The van der Waals surface area contributed by atoms with Crippen molar-refractivity contribution >= 4 is 17.6 Å². The summed E-state index contributed by atoms with van der Waals surface area (Å²) in [5.41, 5.74) is -1.51.